The lowest BCUT2D eigenvalue weighted by molar-refractivity contribution is -0.143. The van der Waals surface area contributed by atoms with Gasteiger partial charge in [-0.2, -0.15) is 0 Å². The van der Waals surface area contributed by atoms with Crippen LogP contribution < -0.4 is 0 Å². The molecule has 0 spiro atoms. The van der Waals surface area contributed by atoms with Gasteiger partial charge in [-0.05, 0) is 43.1 Å². The van der Waals surface area contributed by atoms with Crippen molar-refractivity contribution in [3.63, 3.8) is 0 Å². The third-order valence-electron chi connectivity index (χ3n) is 4.80. The normalized spacial score (nSPS) is 17.7. The van der Waals surface area contributed by atoms with Gasteiger partial charge in [0.25, 0.3) is 0 Å². The van der Waals surface area contributed by atoms with Gasteiger partial charge in [0, 0.05) is 29.2 Å². The maximum Gasteiger partial charge on any atom is 0.307 e. The molecule has 1 heterocycles. The minimum Gasteiger partial charge on any atom is -0.481 e. The van der Waals surface area contributed by atoms with Gasteiger partial charge in [-0.1, -0.05) is 41.0 Å². The van der Waals surface area contributed by atoms with E-state index in [9.17, 15) is 9.18 Å². The number of carboxylic acids is 1. The summed E-state index contributed by atoms with van der Waals surface area (Å²) in [5, 5.41) is 13.7. The average Bonchev–Trinajstić information content (AvgIpc) is 2.69. The molecule has 148 valence electrons. The van der Waals surface area contributed by atoms with E-state index in [1.165, 1.54) is 18.3 Å². The molecular formula is C21H22ClFN2O3. The number of likely N-dealkylation sites (tertiary alicyclic amines) is 1. The summed E-state index contributed by atoms with van der Waals surface area (Å²) in [5.41, 5.74) is 2.12. The number of aliphatic carboxylic acids is 1. The summed E-state index contributed by atoms with van der Waals surface area (Å²) >= 11 is 6.26. The van der Waals surface area contributed by atoms with Crippen molar-refractivity contribution in [2.75, 3.05) is 26.2 Å². The predicted molar refractivity (Wildman–Crippen MR) is 107 cm³/mol. The van der Waals surface area contributed by atoms with Gasteiger partial charge in [-0.3, -0.25) is 9.69 Å². The lowest BCUT2D eigenvalue weighted by Crippen LogP contribution is -2.40. The van der Waals surface area contributed by atoms with E-state index in [2.05, 4.69) is 10.1 Å². The zero-order valence-electron chi connectivity index (χ0n) is 15.4. The van der Waals surface area contributed by atoms with E-state index >= 15 is 0 Å². The summed E-state index contributed by atoms with van der Waals surface area (Å²) in [4.78, 5) is 18.5. The Morgan fingerprint density at radius 2 is 2.14 bits per heavy atom. The van der Waals surface area contributed by atoms with Gasteiger partial charge < -0.3 is 9.94 Å². The fourth-order valence-corrected chi connectivity index (χ4v) is 3.58. The molecule has 0 aromatic heterocycles. The van der Waals surface area contributed by atoms with Crippen LogP contribution in [-0.4, -0.2) is 48.4 Å². The molecule has 2 aromatic rings. The van der Waals surface area contributed by atoms with Crippen LogP contribution in [0.2, 0.25) is 5.02 Å². The van der Waals surface area contributed by atoms with E-state index in [0.29, 0.717) is 30.3 Å². The topological polar surface area (TPSA) is 62.1 Å². The first kappa shape index (κ1) is 20.3. The smallest absolute Gasteiger partial charge is 0.307 e. The molecule has 0 saturated carbocycles. The van der Waals surface area contributed by atoms with Gasteiger partial charge >= 0.3 is 5.97 Å². The van der Waals surface area contributed by atoms with Crippen LogP contribution in [-0.2, 0) is 9.63 Å². The van der Waals surface area contributed by atoms with Crippen molar-refractivity contribution in [1.29, 1.82) is 0 Å². The van der Waals surface area contributed by atoms with Gasteiger partial charge in [-0.15, -0.1) is 0 Å². The maximum absolute atomic E-state index is 13.7. The van der Waals surface area contributed by atoms with Gasteiger partial charge in [0.05, 0.1) is 12.1 Å². The van der Waals surface area contributed by atoms with Crippen molar-refractivity contribution < 1.29 is 19.1 Å². The lowest BCUT2D eigenvalue weighted by Gasteiger charge is -2.29. The van der Waals surface area contributed by atoms with E-state index in [1.54, 1.807) is 12.1 Å². The molecule has 1 saturated heterocycles. The molecule has 0 aliphatic carbocycles. The zero-order chi connectivity index (χ0) is 19.9. The van der Waals surface area contributed by atoms with Crippen molar-refractivity contribution in [3.8, 4) is 11.1 Å². The molecule has 1 atom stereocenters. The highest BCUT2D eigenvalue weighted by atomic mass is 35.5. The van der Waals surface area contributed by atoms with E-state index < -0.39 is 5.97 Å². The van der Waals surface area contributed by atoms with Crippen LogP contribution in [0.15, 0.2) is 47.6 Å². The summed E-state index contributed by atoms with van der Waals surface area (Å²) in [5.74, 6) is -1.44. The monoisotopic (exact) mass is 404 g/mol. The highest BCUT2D eigenvalue weighted by molar-refractivity contribution is 6.33. The quantitative estimate of drug-likeness (QED) is 0.424. The maximum atomic E-state index is 13.7. The summed E-state index contributed by atoms with van der Waals surface area (Å²) in [6, 6.07) is 11.8. The highest BCUT2D eigenvalue weighted by Gasteiger charge is 2.24. The first-order valence-corrected chi connectivity index (χ1v) is 9.57. The van der Waals surface area contributed by atoms with Crippen LogP contribution >= 0.6 is 11.6 Å². The summed E-state index contributed by atoms with van der Waals surface area (Å²) in [6.07, 6.45) is 3.05. The molecule has 1 aliphatic heterocycles. The Labute approximate surface area is 168 Å². The number of nitrogens with zero attached hydrogens (tertiary/aromatic N) is 2. The minimum atomic E-state index is -0.748. The first-order valence-electron chi connectivity index (χ1n) is 9.19. The van der Waals surface area contributed by atoms with E-state index in [-0.39, 0.29) is 11.7 Å². The molecule has 0 amide bonds. The lowest BCUT2D eigenvalue weighted by atomic mass is 9.98. The van der Waals surface area contributed by atoms with E-state index in [1.807, 2.05) is 18.2 Å². The number of carboxylic acid groups (broad SMARTS) is 1. The Balaban J connectivity index is 1.60. The van der Waals surface area contributed by atoms with E-state index in [0.717, 1.165) is 30.5 Å². The van der Waals surface area contributed by atoms with Gasteiger partial charge in [-0.25, -0.2) is 4.39 Å². The molecule has 2 aromatic carbocycles. The Hall–Kier alpha value is -2.44. The molecule has 5 nitrogen and oxygen atoms in total. The number of rotatable bonds is 7. The van der Waals surface area contributed by atoms with Crippen LogP contribution in [0.3, 0.4) is 0 Å². The molecule has 7 heteroatoms. The number of hydrogen-bond donors (Lipinski definition) is 1. The molecule has 1 N–H and O–H groups in total. The summed E-state index contributed by atoms with van der Waals surface area (Å²) in [7, 11) is 0. The van der Waals surface area contributed by atoms with Crippen molar-refractivity contribution in [2.45, 2.75) is 12.8 Å². The number of hydrogen-bond acceptors (Lipinski definition) is 4. The SMILES string of the molecule is O=C(O)C1CCCN(CCO/N=C/c2cc(F)ccc2-c2ccccc2Cl)C1. The van der Waals surface area contributed by atoms with Crippen molar-refractivity contribution in [1.82, 2.24) is 4.90 Å². The van der Waals surface area contributed by atoms with Crippen molar-refractivity contribution in [2.24, 2.45) is 11.1 Å². The Morgan fingerprint density at radius 3 is 2.93 bits per heavy atom. The number of benzene rings is 2. The molecule has 0 radical (unpaired) electrons. The summed E-state index contributed by atoms with van der Waals surface area (Å²) in [6.45, 7) is 2.32. The second-order valence-electron chi connectivity index (χ2n) is 6.76. The third-order valence-corrected chi connectivity index (χ3v) is 5.13. The minimum absolute atomic E-state index is 0.317. The van der Waals surface area contributed by atoms with E-state index in [4.69, 9.17) is 21.5 Å². The molecule has 0 bridgehead atoms. The number of oxime groups is 1. The Kier molecular flexibility index (Phi) is 7.01. The molecule has 3 rings (SSSR count). The standard InChI is InChI=1S/C21H22ClFN2O3/c22-20-6-2-1-5-19(20)18-8-7-17(23)12-16(18)13-24-28-11-10-25-9-3-4-15(14-25)21(26)27/h1-2,5-8,12-13,15H,3-4,9-11,14H2,(H,26,27)/b24-13+. The zero-order valence-corrected chi connectivity index (χ0v) is 16.1. The first-order chi connectivity index (χ1) is 13.5. The fraction of sp³-hybridized carbons (Fsp3) is 0.333. The third kappa shape index (κ3) is 5.30. The van der Waals surface area contributed by atoms with Crippen LogP contribution in [0.4, 0.5) is 4.39 Å². The van der Waals surface area contributed by atoms with Crippen LogP contribution in [0, 0.1) is 11.7 Å². The van der Waals surface area contributed by atoms with Gasteiger partial charge in [0.2, 0.25) is 0 Å². The van der Waals surface area contributed by atoms with Crippen LogP contribution in [0.1, 0.15) is 18.4 Å². The predicted octanol–water partition coefficient (Wildman–Crippen LogP) is 4.29. The highest BCUT2D eigenvalue weighted by Crippen LogP contribution is 2.30. The van der Waals surface area contributed by atoms with Crippen LogP contribution in [0.5, 0.6) is 0 Å². The molecule has 1 fully saturated rings. The van der Waals surface area contributed by atoms with Crippen LogP contribution in [0.25, 0.3) is 11.1 Å². The largest absolute Gasteiger partial charge is 0.481 e. The van der Waals surface area contributed by atoms with Crippen molar-refractivity contribution in [3.05, 3.63) is 58.9 Å². The van der Waals surface area contributed by atoms with Gasteiger partial charge in [0.15, 0.2) is 0 Å². The molecule has 28 heavy (non-hydrogen) atoms. The number of piperidine rings is 1. The molecule has 1 aliphatic rings. The molecular weight excluding hydrogens is 383 g/mol. The second-order valence-corrected chi connectivity index (χ2v) is 7.16. The Morgan fingerprint density at radius 1 is 1.32 bits per heavy atom. The average molecular weight is 405 g/mol. The molecule has 1 unspecified atom stereocenters. The second kappa shape index (κ2) is 9.66. The number of carbonyl (C=O) groups is 1. The fourth-order valence-electron chi connectivity index (χ4n) is 3.34. The number of halogens is 2. The van der Waals surface area contributed by atoms with Gasteiger partial charge in [0.1, 0.15) is 12.4 Å². The summed E-state index contributed by atoms with van der Waals surface area (Å²) < 4.78 is 13.7. The van der Waals surface area contributed by atoms with Crippen molar-refractivity contribution >= 4 is 23.8 Å². The Bertz CT molecular complexity index is 859.